The standard InChI is InChI=1S/C24H30N2O5S/c1-24(2)15-21(20-14-18(30-3)11-12-22(20)31-24)25-23(27)17-8-7-13-26(16-17)32(28,29)19-9-5-4-6-10-19/h4-6,9-12,14,17,21H,7-8,13,15-16H2,1-3H3,(H,25,27)/t17-,21-/m0/s1. The van der Waals surface area contributed by atoms with Crippen LogP contribution < -0.4 is 14.8 Å². The monoisotopic (exact) mass is 458 g/mol. The van der Waals surface area contributed by atoms with Crippen molar-refractivity contribution in [2.24, 2.45) is 5.92 Å². The van der Waals surface area contributed by atoms with Gasteiger partial charge in [-0.15, -0.1) is 0 Å². The van der Waals surface area contributed by atoms with E-state index in [2.05, 4.69) is 5.32 Å². The number of benzene rings is 2. The zero-order valence-corrected chi connectivity index (χ0v) is 19.5. The van der Waals surface area contributed by atoms with Crippen LogP contribution in [0.1, 0.15) is 44.7 Å². The molecular formula is C24H30N2O5S. The van der Waals surface area contributed by atoms with Gasteiger partial charge in [0.1, 0.15) is 17.1 Å². The van der Waals surface area contributed by atoms with Crippen molar-refractivity contribution in [1.29, 1.82) is 0 Å². The van der Waals surface area contributed by atoms with Gasteiger partial charge < -0.3 is 14.8 Å². The molecule has 4 rings (SSSR count). The van der Waals surface area contributed by atoms with Crippen LogP contribution in [-0.4, -0.2) is 44.4 Å². The third kappa shape index (κ3) is 4.61. The molecular weight excluding hydrogens is 428 g/mol. The predicted molar refractivity (Wildman–Crippen MR) is 121 cm³/mol. The Balaban J connectivity index is 1.52. The number of hydrogen-bond donors (Lipinski definition) is 1. The second kappa shape index (κ2) is 8.75. The van der Waals surface area contributed by atoms with E-state index in [1.54, 1.807) is 37.4 Å². The summed E-state index contributed by atoms with van der Waals surface area (Å²) < 4.78 is 38.9. The Morgan fingerprint density at radius 1 is 1.19 bits per heavy atom. The normalized spacial score (nSPS) is 23.0. The smallest absolute Gasteiger partial charge is 0.243 e. The van der Waals surface area contributed by atoms with Crippen LogP contribution in [0.15, 0.2) is 53.4 Å². The minimum absolute atomic E-state index is 0.130. The van der Waals surface area contributed by atoms with E-state index in [4.69, 9.17) is 9.47 Å². The molecule has 1 N–H and O–H groups in total. The molecule has 7 nitrogen and oxygen atoms in total. The number of hydrogen-bond acceptors (Lipinski definition) is 5. The molecule has 172 valence electrons. The zero-order chi connectivity index (χ0) is 22.9. The molecule has 0 unspecified atom stereocenters. The number of carbonyl (C=O) groups is 1. The molecule has 2 aromatic rings. The lowest BCUT2D eigenvalue weighted by molar-refractivity contribution is -0.127. The summed E-state index contributed by atoms with van der Waals surface area (Å²) in [6.07, 6.45) is 1.91. The molecule has 2 aliphatic heterocycles. The fourth-order valence-electron chi connectivity index (χ4n) is 4.49. The minimum atomic E-state index is -3.62. The second-order valence-corrected chi connectivity index (χ2v) is 11.0. The highest BCUT2D eigenvalue weighted by Gasteiger charge is 2.38. The Morgan fingerprint density at radius 3 is 2.66 bits per heavy atom. The summed E-state index contributed by atoms with van der Waals surface area (Å²) in [5.74, 6) is 0.894. The van der Waals surface area contributed by atoms with E-state index in [-0.39, 0.29) is 23.4 Å². The lowest BCUT2D eigenvalue weighted by Gasteiger charge is -2.39. The third-order valence-electron chi connectivity index (χ3n) is 6.13. The summed E-state index contributed by atoms with van der Waals surface area (Å²) in [5.41, 5.74) is 0.441. The van der Waals surface area contributed by atoms with Crippen LogP contribution in [-0.2, 0) is 14.8 Å². The lowest BCUT2D eigenvalue weighted by Crippen LogP contribution is -2.48. The van der Waals surface area contributed by atoms with Gasteiger partial charge in [-0.25, -0.2) is 8.42 Å². The van der Waals surface area contributed by atoms with E-state index in [1.165, 1.54) is 4.31 Å². The Hall–Kier alpha value is -2.58. The van der Waals surface area contributed by atoms with Crippen molar-refractivity contribution in [1.82, 2.24) is 9.62 Å². The van der Waals surface area contributed by atoms with Crippen molar-refractivity contribution in [2.75, 3.05) is 20.2 Å². The maximum Gasteiger partial charge on any atom is 0.243 e. The summed E-state index contributed by atoms with van der Waals surface area (Å²) in [4.78, 5) is 13.5. The second-order valence-electron chi connectivity index (χ2n) is 9.05. The Morgan fingerprint density at radius 2 is 1.94 bits per heavy atom. The summed E-state index contributed by atoms with van der Waals surface area (Å²) in [7, 11) is -2.02. The molecule has 32 heavy (non-hydrogen) atoms. The van der Waals surface area contributed by atoms with Gasteiger partial charge in [-0.3, -0.25) is 4.79 Å². The maximum absolute atomic E-state index is 13.2. The summed E-state index contributed by atoms with van der Waals surface area (Å²) >= 11 is 0. The third-order valence-corrected chi connectivity index (χ3v) is 8.01. The SMILES string of the molecule is COc1ccc2c(c1)[C@@H](NC(=O)[C@H]1CCCN(S(=O)(=O)c3ccccc3)C1)CC(C)(C)O2. The molecule has 1 saturated heterocycles. The van der Waals surface area contributed by atoms with E-state index in [9.17, 15) is 13.2 Å². The highest BCUT2D eigenvalue weighted by molar-refractivity contribution is 7.89. The van der Waals surface area contributed by atoms with E-state index in [0.717, 1.165) is 11.3 Å². The molecule has 8 heteroatoms. The Bertz CT molecular complexity index is 1080. The molecule has 2 atom stereocenters. The average Bonchev–Trinajstić information content (AvgIpc) is 2.79. The first-order valence-corrected chi connectivity index (χ1v) is 12.4. The first-order valence-electron chi connectivity index (χ1n) is 10.9. The number of carbonyl (C=O) groups excluding carboxylic acids is 1. The van der Waals surface area contributed by atoms with Gasteiger partial charge in [0.25, 0.3) is 0 Å². The topological polar surface area (TPSA) is 84.9 Å². The van der Waals surface area contributed by atoms with Gasteiger partial charge in [-0.1, -0.05) is 18.2 Å². The van der Waals surface area contributed by atoms with Crippen molar-refractivity contribution in [3.63, 3.8) is 0 Å². The largest absolute Gasteiger partial charge is 0.497 e. The van der Waals surface area contributed by atoms with Gasteiger partial charge >= 0.3 is 0 Å². The highest BCUT2D eigenvalue weighted by atomic mass is 32.2. The van der Waals surface area contributed by atoms with Gasteiger partial charge in [0.05, 0.1) is 24.0 Å². The van der Waals surface area contributed by atoms with Gasteiger partial charge in [0.15, 0.2) is 0 Å². The van der Waals surface area contributed by atoms with Gasteiger partial charge in [-0.2, -0.15) is 4.31 Å². The van der Waals surface area contributed by atoms with Crippen molar-refractivity contribution in [3.8, 4) is 11.5 Å². The van der Waals surface area contributed by atoms with E-state index in [0.29, 0.717) is 31.6 Å². The molecule has 0 saturated carbocycles. The fourth-order valence-corrected chi connectivity index (χ4v) is 6.04. The van der Waals surface area contributed by atoms with E-state index in [1.807, 2.05) is 32.0 Å². The van der Waals surface area contributed by atoms with Crippen molar-refractivity contribution in [3.05, 3.63) is 54.1 Å². The molecule has 0 bridgehead atoms. The van der Waals surface area contributed by atoms with Crippen molar-refractivity contribution in [2.45, 2.75) is 49.6 Å². The van der Waals surface area contributed by atoms with E-state index >= 15 is 0 Å². The lowest BCUT2D eigenvalue weighted by atomic mass is 9.88. The quantitative estimate of drug-likeness (QED) is 0.741. The molecule has 0 aromatic heterocycles. The van der Waals surface area contributed by atoms with Crippen LogP contribution in [0.25, 0.3) is 0 Å². The molecule has 1 fully saturated rings. The number of ether oxygens (including phenoxy) is 2. The number of piperidine rings is 1. The molecule has 2 aliphatic rings. The Kier molecular flexibility index (Phi) is 6.18. The molecule has 1 amide bonds. The molecule has 0 spiro atoms. The van der Waals surface area contributed by atoms with Crippen molar-refractivity contribution < 1.29 is 22.7 Å². The van der Waals surface area contributed by atoms with Gasteiger partial charge in [-0.05, 0) is 57.0 Å². The summed E-state index contributed by atoms with van der Waals surface area (Å²) in [6, 6.07) is 13.7. The van der Waals surface area contributed by atoms with Crippen LogP contribution in [0.5, 0.6) is 11.5 Å². The maximum atomic E-state index is 13.2. The first-order chi connectivity index (χ1) is 15.2. The zero-order valence-electron chi connectivity index (χ0n) is 18.7. The predicted octanol–water partition coefficient (Wildman–Crippen LogP) is 3.51. The number of nitrogens with one attached hydrogen (secondary N) is 1. The molecule has 2 aromatic carbocycles. The van der Waals surface area contributed by atoms with Gasteiger partial charge in [0.2, 0.25) is 15.9 Å². The van der Waals surface area contributed by atoms with Crippen LogP contribution in [0.3, 0.4) is 0 Å². The number of fused-ring (bicyclic) bond motifs is 1. The summed E-state index contributed by atoms with van der Waals surface area (Å²) in [5, 5.41) is 3.17. The molecule has 0 radical (unpaired) electrons. The number of rotatable bonds is 5. The van der Waals surface area contributed by atoms with Crippen molar-refractivity contribution >= 4 is 15.9 Å². The molecule has 0 aliphatic carbocycles. The fraction of sp³-hybridized carbons (Fsp3) is 0.458. The number of sulfonamides is 1. The number of nitrogens with zero attached hydrogens (tertiary/aromatic N) is 1. The Labute approximate surface area is 189 Å². The average molecular weight is 459 g/mol. The highest BCUT2D eigenvalue weighted by Crippen LogP contribution is 2.41. The number of amides is 1. The van der Waals surface area contributed by atoms with Gasteiger partial charge in [0, 0.05) is 25.1 Å². The van der Waals surface area contributed by atoms with Crippen LogP contribution in [0, 0.1) is 5.92 Å². The van der Waals surface area contributed by atoms with Crippen LogP contribution in [0.2, 0.25) is 0 Å². The summed E-state index contributed by atoms with van der Waals surface area (Å²) in [6.45, 7) is 4.59. The van der Waals surface area contributed by atoms with E-state index < -0.39 is 21.5 Å². The van der Waals surface area contributed by atoms with Crippen LogP contribution >= 0.6 is 0 Å². The number of methoxy groups -OCH3 is 1. The molecule has 2 heterocycles. The minimum Gasteiger partial charge on any atom is -0.497 e. The first kappa shape index (κ1) is 22.6. The van der Waals surface area contributed by atoms with Crippen LogP contribution in [0.4, 0.5) is 0 Å².